The van der Waals surface area contributed by atoms with Crippen molar-refractivity contribution in [2.24, 2.45) is 5.92 Å². The Morgan fingerprint density at radius 3 is 2.12 bits per heavy atom. The van der Waals surface area contributed by atoms with Crippen LogP contribution < -0.4 is 9.47 Å². The maximum absolute atomic E-state index is 12.8. The number of ether oxygens (including phenoxy) is 2. The lowest BCUT2D eigenvalue weighted by Crippen LogP contribution is -2.30. The third kappa shape index (κ3) is 7.72. The highest BCUT2D eigenvalue weighted by atomic mass is 16.5. The van der Waals surface area contributed by atoms with Gasteiger partial charge in [-0.05, 0) is 99.0 Å². The molecule has 6 nitrogen and oxygen atoms in total. The quantitative estimate of drug-likeness (QED) is 0.0925. The van der Waals surface area contributed by atoms with E-state index >= 15 is 0 Å². The second-order valence-corrected chi connectivity index (χ2v) is 10.9. The second-order valence-electron chi connectivity index (χ2n) is 10.9. The molecule has 1 atom stereocenters. The van der Waals surface area contributed by atoms with Crippen molar-refractivity contribution in [2.75, 3.05) is 13.2 Å². The molecule has 214 valence electrons. The largest absolute Gasteiger partial charge is 0.494 e. The van der Waals surface area contributed by atoms with Gasteiger partial charge in [0.05, 0.1) is 23.3 Å². The highest BCUT2D eigenvalue weighted by Crippen LogP contribution is 2.27. The van der Waals surface area contributed by atoms with Gasteiger partial charge in [-0.3, -0.25) is 14.5 Å². The van der Waals surface area contributed by atoms with Gasteiger partial charge in [-0.1, -0.05) is 56.2 Å². The van der Waals surface area contributed by atoms with Crippen LogP contribution in [0.5, 0.6) is 11.5 Å². The van der Waals surface area contributed by atoms with Gasteiger partial charge in [0.25, 0.3) is 11.8 Å². The number of unbranched alkanes of at least 4 members (excludes halogenated alkanes) is 1. The van der Waals surface area contributed by atoms with Crippen LogP contribution in [0.15, 0.2) is 78.4 Å². The molecule has 0 radical (unpaired) electrons. The number of carbonyl (C=O) groups is 3. The van der Waals surface area contributed by atoms with E-state index in [4.69, 9.17) is 9.47 Å². The Labute approximate surface area is 243 Å². The van der Waals surface area contributed by atoms with Gasteiger partial charge >= 0.3 is 5.97 Å². The van der Waals surface area contributed by atoms with Crippen molar-refractivity contribution in [3.63, 3.8) is 0 Å². The number of fused-ring (bicyclic) bond motifs is 1. The van der Waals surface area contributed by atoms with E-state index < -0.39 is 5.97 Å². The Hall–Kier alpha value is -4.19. The molecule has 4 rings (SSSR count). The van der Waals surface area contributed by atoms with E-state index in [0.717, 1.165) is 42.6 Å². The molecule has 0 saturated heterocycles. The van der Waals surface area contributed by atoms with E-state index in [-0.39, 0.29) is 22.9 Å². The molecule has 0 aromatic heterocycles. The summed E-state index contributed by atoms with van der Waals surface area (Å²) in [4.78, 5) is 39.3. The molecule has 0 fully saturated rings. The minimum atomic E-state index is -0.583. The summed E-state index contributed by atoms with van der Waals surface area (Å²) >= 11 is 0. The lowest BCUT2D eigenvalue weighted by molar-refractivity contribution is 0.0651. The molecular formula is C35H39NO5. The highest BCUT2D eigenvalue weighted by Gasteiger charge is 2.35. The monoisotopic (exact) mass is 553 g/mol. The summed E-state index contributed by atoms with van der Waals surface area (Å²) in [7, 11) is 0. The Kier molecular flexibility index (Phi) is 10.1. The highest BCUT2D eigenvalue weighted by molar-refractivity contribution is 6.22. The van der Waals surface area contributed by atoms with Crippen LogP contribution in [-0.2, 0) is 0 Å². The van der Waals surface area contributed by atoms with Crippen molar-refractivity contribution in [1.82, 2.24) is 4.90 Å². The van der Waals surface area contributed by atoms with E-state index in [2.05, 4.69) is 26.8 Å². The zero-order valence-electron chi connectivity index (χ0n) is 24.4. The van der Waals surface area contributed by atoms with Crippen LogP contribution in [0.2, 0.25) is 0 Å². The molecular weight excluding hydrogens is 514 g/mol. The molecule has 1 heterocycles. The molecule has 0 saturated carbocycles. The minimum Gasteiger partial charge on any atom is -0.494 e. The first-order valence-electron chi connectivity index (χ1n) is 14.5. The molecule has 6 heteroatoms. The molecule has 0 spiro atoms. The van der Waals surface area contributed by atoms with E-state index in [1.807, 2.05) is 43.3 Å². The van der Waals surface area contributed by atoms with E-state index in [1.54, 1.807) is 12.1 Å². The third-order valence-corrected chi connectivity index (χ3v) is 7.29. The molecule has 3 aromatic carbocycles. The third-order valence-electron chi connectivity index (χ3n) is 7.29. The molecule has 1 aliphatic heterocycles. The molecule has 0 N–H and O–H groups in total. The number of amides is 2. The number of nitrogens with zero attached hydrogens (tertiary/aromatic N) is 1. The van der Waals surface area contributed by atoms with Crippen LogP contribution >= 0.6 is 0 Å². The van der Waals surface area contributed by atoms with Crippen molar-refractivity contribution >= 4 is 17.8 Å². The second kappa shape index (κ2) is 13.9. The number of carbonyl (C=O) groups excluding carboxylic acids is 3. The maximum Gasteiger partial charge on any atom is 0.343 e. The predicted molar refractivity (Wildman–Crippen MR) is 161 cm³/mol. The van der Waals surface area contributed by atoms with Crippen LogP contribution in [0.3, 0.4) is 0 Å². The molecule has 3 aromatic rings. The Morgan fingerprint density at radius 1 is 0.854 bits per heavy atom. The average molecular weight is 554 g/mol. The smallest absolute Gasteiger partial charge is 0.343 e. The van der Waals surface area contributed by atoms with Crippen molar-refractivity contribution in [3.05, 3.63) is 95.1 Å². The van der Waals surface area contributed by atoms with Gasteiger partial charge in [0.1, 0.15) is 11.5 Å². The SMILES string of the molecule is CCCCN1C(=O)c2ccc(C(=O)Oc3ccc(-c4ccc(OCC[C@@H](C)CCC=C(C)C)cc4)cc3)cc2C1=O. The predicted octanol–water partition coefficient (Wildman–Crippen LogP) is 8.12. The lowest BCUT2D eigenvalue weighted by atomic mass is 10.0. The summed E-state index contributed by atoms with van der Waals surface area (Å²) in [6.07, 6.45) is 7.22. The Balaban J connectivity index is 1.30. The van der Waals surface area contributed by atoms with Gasteiger partial charge < -0.3 is 9.47 Å². The number of hydrogen-bond donors (Lipinski definition) is 0. The first kappa shape index (κ1) is 29.8. The first-order valence-corrected chi connectivity index (χ1v) is 14.5. The van der Waals surface area contributed by atoms with Gasteiger partial charge in [-0.15, -0.1) is 0 Å². The summed E-state index contributed by atoms with van der Waals surface area (Å²) < 4.78 is 11.5. The molecule has 0 unspecified atom stereocenters. The van der Waals surface area contributed by atoms with Crippen molar-refractivity contribution in [3.8, 4) is 22.6 Å². The number of allylic oxidation sites excluding steroid dienone is 2. The Bertz CT molecular complexity index is 1400. The van der Waals surface area contributed by atoms with Crippen LogP contribution in [0.1, 0.15) is 90.9 Å². The molecule has 0 aliphatic carbocycles. The molecule has 1 aliphatic rings. The van der Waals surface area contributed by atoms with Gasteiger partial charge in [-0.25, -0.2) is 4.79 Å². The average Bonchev–Trinajstić information content (AvgIpc) is 3.20. The van der Waals surface area contributed by atoms with E-state index in [0.29, 0.717) is 30.4 Å². The van der Waals surface area contributed by atoms with Gasteiger partial charge in [0, 0.05) is 6.54 Å². The van der Waals surface area contributed by atoms with E-state index in [9.17, 15) is 14.4 Å². The molecule has 2 amide bonds. The number of rotatable bonds is 13. The van der Waals surface area contributed by atoms with Gasteiger partial charge in [0.15, 0.2) is 0 Å². The normalized spacial score (nSPS) is 13.1. The summed E-state index contributed by atoms with van der Waals surface area (Å²) in [5.74, 6) is 0.601. The van der Waals surface area contributed by atoms with Crippen LogP contribution in [0.4, 0.5) is 0 Å². The summed E-state index contributed by atoms with van der Waals surface area (Å²) in [5, 5.41) is 0. The number of esters is 1. The van der Waals surface area contributed by atoms with E-state index in [1.165, 1.54) is 35.1 Å². The fraction of sp³-hybridized carbons (Fsp3) is 0.343. The first-order chi connectivity index (χ1) is 19.8. The van der Waals surface area contributed by atoms with Crippen molar-refractivity contribution < 1.29 is 23.9 Å². The number of hydrogen-bond acceptors (Lipinski definition) is 5. The van der Waals surface area contributed by atoms with Crippen LogP contribution in [0.25, 0.3) is 11.1 Å². The van der Waals surface area contributed by atoms with Crippen LogP contribution in [0, 0.1) is 5.92 Å². The Morgan fingerprint density at radius 2 is 1.49 bits per heavy atom. The summed E-state index contributed by atoms with van der Waals surface area (Å²) in [5.41, 5.74) is 4.18. The zero-order chi connectivity index (χ0) is 29.4. The summed E-state index contributed by atoms with van der Waals surface area (Å²) in [6.45, 7) is 9.61. The number of benzene rings is 3. The summed E-state index contributed by atoms with van der Waals surface area (Å²) in [6, 6.07) is 19.7. The fourth-order valence-electron chi connectivity index (χ4n) is 4.74. The van der Waals surface area contributed by atoms with Gasteiger partial charge in [0.2, 0.25) is 0 Å². The maximum atomic E-state index is 12.8. The number of imide groups is 1. The van der Waals surface area contributed by atoms with Crippen molar-refractivity contribution in [1.29, 1.82) is 0 Å². The van der Waals surface area contributed by atoms with Gasteiger partial charge in [-0.2, -0.15) is 0 Å². The standard InChI is InChI=1S/C35H39NO5/c1-5-6-21-36-33(37)31-19-14-28(23-32(31)34(36)38)35(39)41-30-17-12-27(13-18-30)26-10-15-29(16-11-26)40-22-20-25(4)9-7-8-24(2)3/h8,10-19,23,25H,5-7,9,20-22H2,1-4H3/t25-/m0/s1. The lowest BCUT2D eigenvalue weighted by Gasteiger charge is -2.12. The van der Waals surface area contributed by atoms with Crippen molar-refractivity contribution in [2.45, 2.75) is 59.8 Å². The molecule has 0 bridgehead atoms. The topological polar surface area (TPSA) is 72.9 Å². The zero-order valence-corrected chi connectivity index (χ0v) is 24.4. The molecule has 41 heavy (non-hydrogen) atoms. The van der Waals surface area contributed by atoms with Crippen LogP contribution in [-0.4, -0.2) is 35.8 Å². The fourth-order valence-corrected chi connectivity index (χ4v) is 4.74. The minimum absolute atomic E-state index is 0.226.